The Kier molecular flexibility index (Phi) is 4.08. The van der Waals surface area contributed by atoms with Crippen LogP contribution in [-0.4, -0.2) is 17.5 Å². The van der Waals surface area contributed by atoms with E-state index in [1.165, 1.54) is 56.2 Å². The predicted molar refractivity (Wildman–Crippen MR) is 81.3 cm³/mol. The van der Waals surface area contributed by atoms with Gasteiger partial charge in [-0.2, -0.15) is 5.26 Å². The van der Waals surface area contributed by atoms with Crippen LogP contribution in [0.25, 0.3) is 0 Å². The van der Waals surface area contributed by atoms with Crippen molar-refractivity contribution in [3.63, 3.8) is 0 Å². The van der Waals surface area contributed by atoms with Crippen LogP contribution in [0.5, 0.6) is 0 Å². The van der Waals surface area contributed by atoms with Gasteiger partial charge in [-0.25, -0.2) is 0 Å². The number of nitriles is 1. The van der Waals surface area contributed by atoms with Gasteiger partial charge in [0.25, 0.3) is 0 Å². The van der Waals surface area contributed by atoms with E-state index >= 15 is 0 Å². The Bertz CT molecular complexity index is 513. The highest BCUT2D eigenvalue weighted by atomic mass is 15.2. The number of aryl methyl sites for hydroxylation is 1. The number of hydrogen-bond donors (Lipinski definition) is 0. The van der Waals surface area contributed by atoms with Crippen molar-refractivity contribution in [2.45, 2.75) is 58.0 Å². The second-order valence-electron chi connectivity index (χ2n) is 6.48. The van der Waals surface area contributed by atoms with Gasteiger partial charge in [0, 0.05) is 12.6 Å². The molecule has 0 unspecified atom stereocenters. The topological polar surface area (TPSA) is 27.0 Å². The van der Waals surface area contributed by atoms with Gasteiger partial charge in [0.15, 0.2) is 0 Å². The van der Waals surface area contributed by atoms with Crippen LogP contribution in [0.2, 0.25) is 0 Å². The molecule has 1 aliphatic carbocycles. The maximum atomic E-state index is 8.97. The summed E-state index contributed by atoms with van der Waals surface area (Å²) in [5.41, 5.74) is 3.44. The van der Waals surface area contributed by atoms with Gasteiger partial charge in [0.1, 0.15) is 0 Å². The minimum atomic E-state index is 0.778. The molecule has 0 bridgehead atoms. The first-order valence-electron chi connectivity index (χ1n) is 8.01. The third-order valence-corrected chi connectivity index (χ3v) is 5.20. The van der Waals surface area contributed by atoms with Crippen molar-refractivity contribution in [1.29, 1.82) is 5.26 Å². The van der Waals surface area contributed by atoms with Crippen molar-refractivity contribution < 1.29 is 0 Å². The van der Waals surface area contributed by atoms with Gasteiger partial charge in [-0.1, -0.05) is 18.9 Å². The van der Waals surface area contributed by atoms with Crippen molar-refractivity contribution in [3.8, 4) is 6.07 Å². The lowest BCUT2D eigenvalue weighted by Crippen LogP contribution is -2.46. The molecule has 1 aromatic rings. The van der Waals surface area contributed by atoms with Crippen molar-refractivity contribution in [1.82, 2.24) is 4.90 Å². The minimum absolute atomic E-state index is 0.778. The summed E-state index contributed by atoms with van der Waals surface area (Å²) in [6.45, 7) is 4.46. The van der Waals surface area contributed by atoms with Gasteiger partial charge in [-0.3, -0.25) is 4.90 Å². The maximum Gasteiger partial charge on any atom is 0.0991 e. The summed E-state index contributed by atoms with van der Waals surface area (Å²) in [6.07, 6.45) is 8.46. The van der Waals surface area contributed by atoms with E-state index in [-0.39, 0.29) is 0 Å². The molecule has 1 saturated heterocycles. The lowest BCUT2D eigenvalue weighted by Gasteiger charge is -2.44. The Morgan fingerprint density at radius 3 is 2.80 bits per heavy atom. The zero-order valence-electron chi connectivity index (χ0n) is 12.4. The van der Waals surface area contributed by atoms with Gasteiger partial charge in [-0.15, -0.1) is 0 Å². The molecule has 2 atom stereocenters. The van der Waals surface area contributed by atoms with Gasteiger partial charge < -0.3 is 0 Å². The van der Waals surface area contributed by atoms with Crippen LogP contribution in [0.3, 0.4) is 0 Å². The molecule has 2 heteroatoms. The summed E-state index contributed by atoms with van der Waals surface area (Å²) in [4.78, 5) is 2.71. The maximum absolute atomic E-state index is 8.97. The number of nitrogens with zero attached hydrogens (tertiary/aromatic N) is 2. The largest absolute Gasteiger partial charge is 0.296 e. The van der Waals surface area contributed by atoms with E-state index < -0.39 is 0 Å². The average Bonchev–Trinajstić information content (AvgIpc) is 2.49. The molecule has 1 heterocycles. The molecule has 1 aliphatic heterocycles. The van der Waals surface area contributed by atoms with Crippen molar-refractivity contribution in [2.24, 2.45) is 5.92 Å². The summed E-state index contributed by atoms with van der Waals surface area (Å²) >= 11 is 0. The molecule has 2 fully saturated rings. The molecule has 0 aromatic heterocycles. The zero-order valence-corrected chi connectivity index (χ0v) is 12.4. The third-order valence-electron chi connectivity index (χ3n) is 5.20. The van der Waals surface area contributed by atoms with Crippen LogP contribution in [0.4, 0.5) is 0 Å². The van der Waals surface area contributed by atoms with Gasteiger partial charge in [0.05, 0.1) is 11.6 Å². The highest BCUT2D eigenvalue weighted by molar-refractivity contribution is 5.37. The third kappa shape index (κ3) is 2.74. The standard InChI is InChI=1S/C18H24N2/c1-14-11-15(12-19)8-9-17(14)13-20-10-4-6-16-5-2-3-7-18(16)20/h8-9,11,16,18H,2-7,10,13H2,1H3/t16-,18-/m1/s1. The van der Waals surface area contributed by atoms with E-state index in [0.717, 1.165) is 24.1 Å². The number of likely N-dealkylation sites (tertiary alicyclic amines) is 1. The molecule has 0 radical (unpaired) electrons. The monoisotopic (exact) mass is 268 g/mol. The van der Waals surface area contributed by atoms with Crippen LogP contribution in [0, 0.1) is 24.2 Å². The Hall–Kier alpha value is -1.33. The van der Waals surface area contributed by atoms with Crippen molar-refractivity contribution >= 4 is 0 Å². The molecule has 2 nitrogen and oxygen atoms in total. The Balaban J connectivity index is 1.74. The lowest BCUT2D eigenvalue weighted by atomic mass is 9.78. The van der Waals surface area contributed by atoms with Crippen LogP contribution in [0.1, 0.15) is 55.2 Å². The molecule has 0 spiro atoms. The molecular formula is C18H24N2. The fraction of sp³-hybridized carbons (Fsp3) is 0.611. The van der Waals surface area contributed by atoms with Crippen LogP contribution >= 0.6 is 0 Å². The first-order chi connectivity index (χ1) is 9.78. The van der Waals surface area contributed by atoms with Gasteiger partial charge in [-0.05, 0) is 68.3 Å². The predicted octanol–water partition coefficient (Wildman–Crippen LogP) is 4.02. The van der Waals surface area contributed by atoms with Crippen molar-refractivity contribution in [2.75, 3.05) is 6.54 Å². The number of hydrogen-bond acceptors (Lipinski definition) is 2. The van der Waals surface area contributed by atoms with Gasteiger partial charge in [0.2, 0.25) is 0 Å². The van der Waals surface area contributed by atoms with E-state index in [1.807, 2.05) is 12.1 Å². The van der Waals surface area contributed by atoms with Crippen LogP contribution in [-0.2, 0) is 6.54 Å². The molecule has 2 aliphatic rings. The molecule has 3 rings (SSSR count). The quantitative estimate of drug-likeness (QED) is 0.810. The van der Waals surface area contributed by atoms with Crippen LogP contribution < -0.4 is 0 Å². The molecule has 20 heavy (non-hydrogen) atoms. The number of rotatable bonds is 2. The van der Waals surface area contributed by atoms with E-state index in [2.05, 4.69) is 24.0 Å². The Morgan fingerprint density at radius 1 is 1.20 bits per heavy atom. The second-order valence-corrected chi connectivity index (χ2v) is 6.48. The average molecular weight is 268 g/mol. The molecule has 0 amide bonds. The second kappa shape index (κ2) is 5.97. The molecule has 106 valence electrons. The fourth-order valence-electron chi connectivity index (χ4n) is 4.09. The summed E-state index contributed by atoms with van der Waals surface area (Å²) in [5.74, 6) is 0.941. The van der Waals surface area contributed by atoms with E-state index in [9.17, 15) is 0 Å². The van der Waals surface area contributed by atoms with Gasteiger partial charge >= 0.3 is 0 Å². The van der Waals surface area contributed by atoms with E-state index in [1.54, 1.807) is 0 Å². The minimum Gasteiger partial charge on any atom is -0.296 e. The highest BCUT2D eigenvalue weighted by Crippen LogP contribution is 2.36. The number of benzene rings is 1. The fourth-order valence-corrected chi connectivity index (χ4v) is 4.09. The zero-order chi connectivity index (χ0) is 13.9. The molecule has 1 saturated carbocycles. The summed E-state index contributed by atoms with van der Waals surface area (Å²) in [7, 11) is 0. The molecule has 0 N–H and O–H groups in total. The molecule has 1 aromatic carbocycles. The van der Waals surface area contributed by atoms with Crippen molar-refractivity contribution in [3.05, 3.63) is 34.9 Å². The van der Waals surface area contributed by atoms with E-state index in [0.29, 0.717) is 0 Å². The summed E-state index contributed by atoms with van der Waals surface area (Å²) < 4.78 is 0. The normalized spacial score (nSPS) is 26.8. The Labute approximate surface area is 122 Å². The van der Waals surface area contributed by atoms with E-state index in [4.69, 9.17) is 5.26 Å². The summed E-state index contributed by atoms with van der Waals surface area (Å²) in [6, 6.07) is 9.18. The number of piperidine rings is 1. The van der Waals surface area contributed by atoms with Crippen LogP contribution in [0.15, 0.2) is 18.2 Å². The number of fused-ring (bicyclic) bond motifs is 1. The smallest absolute Gasteiger partial charge is 0.0991 e. The summed E-state index contributed by atoms with van der Waals surface area (Å²) in [5, 5.41) is 8.97. The SMILES string of the molecule is Cc1cc(C#N)ccc1CN1CCC[C@H]2CCCC[C@H]21. The lowest BCUT2D eigenvalue weighted by molar-refractivity contribution is 0.0545. The highest BCUT2D eigenvalue weighted by Gasteiger charge is 2.33. The first kappa shape index (κ1) is 13.6. The molecular weight excluding hydrogens is 244 g/mol. The first-order valence-corrected chi connectivity index (χ1v) is 8.01. The Morgan fingerprint density at radius 2 is 2.00 bits per heavy atom.